The predicted octanol–water partition coefficient (Wildman–Crippen LogP) is 3.17. The topological polar surface area (TPSA) is 35.5 Å². The molecule has 0 spiro atoms. The van der Waals surface area contributed by atoms with Crippen LogP contribution in [0.3, 0.4) is 0 Å². The maximum absolute atomic E-state index is 10.6. The van der Waals surface area contributed by atoms with Gasteiger partial charge < -0.3 is 8.85 Å². The molecule has 0 bridgehead atoms. The summed E-state index contributed by atoms with van der Waals surface area (Å²) in [6.07, 6.45) is 3.14. The van der Waals surface area contributed by atoms with E-state index in [4.69, 9.17) is 8.85 Å². The molecule has 1 aliphatic rings. The van der Waals surface area contributed by atoms with Crippen molar-refractivity contribution in [2.24, 2.45) is 0 Å². The number of ether oxygens (including phenoxy) is 1. The van der Waals surface area contributed by atoms with Crippen LogP contribution in [0.4, 0.5) is 0 Å². The van der Waals surface area contributed by atoms with Gasteiger partial charge in [0, 0.05) is 6.92 Å². The molecule has 0 unspecified atom stereocenters. The van der Waals surface area contributed by atoms with Gasteiger partial charge in [0.1, 0.15) is 0 Å². The molecule has 5 heteroatoms. The molecule has 1 rings (SSSR count). The SMILES string of the molecule is CC(=O)OCCCCC1=C[Si](C)(C)O[Si]1(C)C. The average molecular weight is 272 g/mol. The monoisotopic (exact) mass is 272 g/mol. The lowest BCUT2D eigenvalue weighted by molar-refractivity contribution is -0.141. The third kappa shape index (κ3) is 4.77. The molecular formula is C12H24O3Si2. The molecule has 0 radical (unpaired) electrons. The molecule has 0 atom stereocenters. The van der Waals surface area contributed by atoms with Crippen LogP contribution in [0.25, 0.3) is 0 Å². The highest BCUT2D eigenvalue weighted by molar-refractivity contribution is 6.95. The van der Waals surface area contributed by atoms with Crippen molar-refractivity contribution in [3.05, 3.63) is 10.9 Å². The minimum absolute atomic E-state index is 0.184. The molecule has 0 saturated heterocycles. The van der Waals surface area contributed by atoms with Gasteiger partial charge >= 0.3 is 5.97 Å². The van der Waals surface area contributed by atoms with E-state index in [1.165, 1.54) is 6.92 Å². The van der Waals surface area contributed by atoms with Crippen molar-refractivity contribution in [3.8, 4) is 0 Å². The van der Waals surface area contributed by atoms with Crippen molar-refractivity contribution in [1.29, 1.82) is 0 Å². The van der Waals surface area contributed by atoms with Crippen molar-refractivity contribution < 1.29 is 13.6 Å². The van der Waals surface area contributed by atoms with E-state index >= 15 is 0 Å². The Hall–Kier alpha value is -0.396. The molecule has 0 aromatic heterocycles. The molecule has 0 amide bonds. The van der Waals surface area contributed by atoms with Crippen LogP contribution in [0, 0.1) is 0 Å². The van der Waals surface area contributed by atoms with Crippen molar-refractivity contribution >= 4 is 22.6 Å². The van der Waals surface area contributed by atoms with E-state index in [1.807, 2.05) is 0 Å². The van der Waals surface area contributed by atoms with Crippen LogP contribution >= 0.6 is 0 Å². The van der Waals surface area contributed by atoms with E-state index in [-0.39, 0.29) is 5.97 Å². The Balaban J connectivity index is 2.34. The predicted molar refractivity (Wildman–Crippen MR) is 74.6 cm³/mol. The fourth-order valence-corrected chi connectivity index (χ4v) is 12.6. The molecule has 0 aromatic carbocycles. The summed E-state index contributed by atoms with van der Waals surface area (Å²) >= 11 is 0. The zero-order chi connectivity index (χ0) is 13.1. The highest BCUT2D eigenvalue weighted by Crippen LogP contribution is 2.33. The maximum Gasteiger partial charge on any atom is 0.302 e. The van der Waals surface area contributed by atoms with Gasteiger partial charge in [-0.2, -0.15) is 0 Å². The molecule has 0 saturated carbocycles. The van der Waals surface area contributed by atoms with Crippen molar-refractivity contribution in [1.82, 2.24) is 0 Å². The minimum atomic E-state index is -1.57. The Kier molecular flexibility index (Phi) is 4.74. The van der Waals surface area contributed by atoms with Crippen LogP contribution in [-0.4, -0.2) is 29.2 Å². The van der Waals surface area contributed by atoms with Gasteiger partial charge in [0.2, 0.25) is 8.32 Å². The Morgan fingerprint density at radius 3 is 2.41 bits per heavy atom. The van der Waals surface area contributed by atoms with Crippen molar-refractivity contribution in [2.75, 3.05) is 6.61 Å². The summed E-state index contributed by atoms with van der Waals surface area (Å²) in [6, 6.07) is 0. The van der Waals surface area contributed by atoms with Gasteiger partial charge in [-0.15, -0.1) is 0 Å². The maximum atomic E-state index is 10.6. The van der Waals surface area contributed by atoms with Crippen molar-refractivity contribution in [3.63, 3.8) is 0 Å². The van der Waals surface area contributed by atoms with Crippen LogP contribution < -0.4 is 0 Å². The van der Waals surface area contributed by atoms with Crippen LogP contribution in [0.1, 0.15) is 26.2 Å². The highest BCUT2D eigenvalue weighted by Gasteiger charge is 2.41. The Labute approximate surface area is 106 Å². The largest absolute Gasteiger partial charge is 0.466 e. The first kappa shape index (κ1) is 14.7. The van der Waals surface area contributed by atoms with Crippen LogP contribution in [0.15, 0.2) is 10.9 Å². The fraction of sp³-hybridized carbons (Fsp3) is 0.750. The molecule has 1 heterocycles. The second-order valence-corrected chi connectivity index (χ2v) is 13.7. The van der Waals surface area contributed by atoms with Gasteiger partial charge in [0.15, 0.2) is 8.32 Å². The highest BCUT2D eigenvalue weighted by atomic mass is 28.4. The normalized spacial score (nSPS) is 21.1. The number of esters is 1. The summed E-state index contributed by atoms with van der Waals surface area (Å²) in [5.74, 6) is -0.184. The Bertz CT molecular complexity index is 322. The summed E-state index contributed by atoms with van der Waals surface area (Å²) in [6.45, 7) is 11.1. The van der Waals surface area contributed by atoms with E-state index in [1.54, 1.807) is 5.20 Å². The molecule has 0 aromatic rings. The van der Waals surface area contributed by atoms with E-state index in [9.17, 15) is 4.79 Å². The molecule has 17 heavy (non-hydrogen) atoms. The summed E-state index contributed by atoms with van der Waals surface area (Å²) in [7, 11) is -3.08. The van der Waals surface area contributed by atoms with E-state index in [2.05, 4.69) is 31.9 Å². The number of allylic oxidation sites excluding steroid dienone is 1. The summed E-state index contributed by atoms with van der Waals surface area (Å²) in [5.41, 5.74) is 2.42. The first-order valence-corrected chi connectivity index (χ1v) is 12.2. The van der Waals surface area contributed by atoms with Gasteiger partial charge in [0.25, 0.3) is 0 Å². The van der Waals surface area contributed by atoms with Gasteiger partial charge in [-0.05, 0) is 45.5 Å². The molecule has 0 N–H and O–H groups in total. The number of hydrogen-bond acceptors (Lipinski definition) is 3. The number of unbranched alkanes of at least 4 members (excludes halogenated alkanes) is 1. The van der Waals surface area contributed by atoms with Crippen molar-refractivity contribution in [2.45, 2.75) is 52.4 Å². The average Bonchev–Trinajstić information content (AvgIpc) is 2.33. The number of rotatable bonds is 5. The Morgan fingerprint density at radius 2 is 1.94 bits per heavy atom. The molecule has 3 nitrogen and oxygen atoms in total. The lowest BCUT2D eigenvalue weighted by Crippen LogP contribution is -2.37. The summed E-state index contributed by atoms with van der Waals surface area (Å²) < 4.78 is 11.2. The lowest BCUT2D eigenvalue weighted by Gasteiger charge is -2.24. The number of hydrogen-bond donors (Lipinski definition) is 0. The second kappa shape index (κ2) is 5.50. The second-order valence-electron chi connectivity index (χ2n) is 5.68. The van der Waals surface area contributed by atoms with E-state index in [0.29, 0.717) is 6.61 Å². The smallest absolute Gasteiger partial charge is 0.302 e. The van der Waals surface area contributed by atoms with Gasteiger partial charge in [-0.1, -0.05) is 10.9 Å². The van der Waals surface area contributed by atoms with E-state index in [0.717, 1.165) is 19.3 Å². The molecule has 98 valence electrons. The number of carbonyl (C=O) groups excluding carboxylic acids is 1. The minimum Gasteiger partial charge on any atom is -0.466 e. The first-order valence-electron chi connectivity index (χ1n) is 6.29. The van der Waals surface area contributed by atoms with Crippen LogP contribution in [0.5, 0.6) is 0 Å². The van der Waals surface area contributed by atoms with Crippen LogP contribution in [0.2, 0.25) is 26.2 Å². The zero-order valence-corrected chi connectivity index (χ0v) is 13.6. The summed E-state index contributed by atoms with van der Waals surface area (Å²) in [4.78, 5) is 10.6. The van der Waals surface area contributed by atoms with E-state index < -0.39 is 16.6 Å². The molecule has 0 aliphatic carbocycles. The first-order chi connectivity index (χ1) is 7.73. The Morgan fingerprint density at radius 1 is 1.29 bits per heavy atom. The zero-order valence-electron chi connectivity index (χ0n) is 11.6. The van der Waals surface area contributed by atoms with Gasteiger partial charge in [-0.3, -0.25) is 4.79 Å². The molecule has 0 fully saturated rings. The number of carbonyl (C=O) groups is 1. The van der Waals surface area contributed by atoms with Crippen LogP contribution in [-0.2, 0) is 13.6 Å². The third-order valence-corrected chi connectivity index (χ3v) is 10.4. The third-order valence-electron chi connectivity index (χ3n) is 2.96. The van der Waals surface area contributed by atoms with Gasteiger partial charge in [-0.25, -0.2) is 0 Å². The van der Waals surface area contributed by atoms with Gasteiger partial charge in [0.05, 0.1) is 6.61 Å². The molecular weight excluding hydrogens is 248 g/mol. The molecule has 1 aliphatic heterocycles. The summed E-state index contributed by atoms with van der Waals surface area (Å²) in [5, 5.41) is 1.55. The quantitative estimate of drug-likeness (QED) is 0.438. The fourth-order valence-electron chi connectivity index (χ4n) is 2.35. The standard InChI is InChI=1S/C12H24O3Si2/c1-11(13)14-9-7-6-8-12-10-16(2,3)15-17(12,4)5/h10H,6-9H2,1-5H3. The lowest BCUT2D eigenvalue weighted by atomic mass is 10.2.